The van der Waals surface area contributed by atoms with E-state index in [0.717, 1.165) is 22.3 Å². The molecular weight excluding hydrogens is 277 g/mol. The third-order valence-corrected chi connectivity index (χ3v) is 3.63. The molecule has 0 fully saturated rings. The molecule has 1 heterocycles. The molecule has 3 heteroatoms. The van der Waals surface area contributed by atoms with Crippen LogP contribution >= 0.6 is 0 Å². The van der Waals surface area contributed by atoms with Crippen LogP contribution in [0.15, 0.2) is 73.1 Å². The Bertz CT molecular complexity index is 724. The van der Waals surface area contributed by atoms with Crippen LogP contribution in [0.2, 0.25) is 0 Å². The van der Waals surface area contributed by atoms with Gasteiger partial charge in [0.2, 0.25) is 0 Å². The van der Waals surface area contributed by atoms with Gasteiger partial charge in [-0.2, -0.15) is 0 Å². The second-order valence-corrected chi connectivity index (χ2v) is 5.21. The highest BCUT2D eigenvalue weighted by molar-refractivity contribution is 5.63. The third-order valence-electron chi connectivity index (χ3n) is 3.63. The highest BCUT2D eigenvalue weighted by atomic mass is 19.1. The highest BCUT2D eigenvalue weighted by Crippen LogP contribution is 2.22. The van der Waals surface area contributed by atoms with Crippen molar-refractivity contribution >= 4 is 0 Å². The topological polar surface area (TPSA) is 33.1 Å². The van der Waals surface area contributed by atoms with E-state index in [0.29, 0.717) is 6.42 Å². The lowest BCUT2D eigenvalue weighted by Gasteiger charge is -2.11. The smallest absolute Gasteiger partial charge is 0.123 e. The van der Waals surface area contributed by atoms with Gasteiger partial charge in [-0.3, -0.25) is 4.98 Å². The summed E-state index contributed by atoms with van der Waals surface area (Å²) in [6.45, 7) is 0. The molecule has 0 aliphatic heterocycles. The molecule has 1 atom stereocenters. The number of benzene rings is 2. The first-order chi connectivity index (χ1) is 10.7. The minimum absolute atomic E-state index is 0.236. The van der Waals surface area contributed by atoms with Gasteiger partial charge < -0.3 is 5.11 Å². The quantitative estimate of drug-likeness (QED) is 0.783. The van der Waals surface area contributed by atoms with Gasteiger partial charge >= 0.3 is 0 Å². The van der Waals surface area contributed by atoms with E-state index in [9.17, 15) is 9.50 Å². The van der Waals surface area contributed by atoms with E-state index in [1.807, 2.05) is 36.4 Å². The lowest BCUT2D eigenvalue weighted by Crippen LogP contribution is -2.01. The molecule has 0 bridgehead atoms. The number of aliphatic hydroxyl groups is 1. The van der Waals surface area contributed by atoms with E-state index in [1.165, 1.54) is 12.1 Å². The van der Waals surface area contributed by atoms with Gasteiger partial charge in [-0.15, -0.1) is 0 Å². The lowest BCUT2D eigenvalue weighted by molar-refractivity contribution is 0.178. The summed E-state index contributed by atoms with van der Waals surface area (Å²) >= 11 is 0. The van der Waals surface area contributed by atoms with Gasteiger partial charge in [0.25, 0.3) is 0 Å². The summed E-state index contributed by atoms with van der Waals surface area (Å²) in [5.41, 5.74) is 3.85. The summed E-state index contributed by atoms with van der Waals surface area (Å²) in [6.07, 6.45) is 3.34. The summed E-state index contributed by atoms with van der Waals surface area (Å²) < 4.78 is 12.9. The minimum atomic E-state index is -0.564. The van der Waals surface area contributed by atoms with Crippen molar-refractivity contribution in [2.45, 2.75) is 12.5 Å². The molecule has 3 rings (SSSR count). The van der Waals surface area contributed by atoms with Crippen molar-refractivity contribution in [2.75, 3.05) is 0 Å². The van der Waals surface area contributed by atoms with E-state index in [1.54, 1.807) is 24.5 Å². The SMILES string of the molecule is OC(Cc1ccc(-c2ccc(F)cc2)cc1)c1cccnc1. The molecule has 1 aromatic heterocycles. The molecule has 1 N–H and O–H groups in total. The molecule has 0 radical (unpaired) electrons. The summed E-state index contributed by atoms with van der Waals surface area (Å²) in [4.78, 5) is 4.02. The van der Waals surface area contributed by atoms with Gasteiger partial charge in [0.15, 0.2) is 0 Å². The lowest BCUT2D eigenvalue weighted by atomic mass is 9.99. The Hall–Kier alpha value is -2.52. The second-order valence-electron chi connectivity index (χ2n) is 5.21. The number of halogens is 1. The van der Waals surface area contributed by atoms with Crippen molar-refractivity contribution in [3.8, 4) is 11.1 Å². The predicted molar refractivity (Wildman–Crippen MR) is 84.7 cm³/mol. The third kappa shape index (κ3) is 3.38. The largest absolute Gasteiger partial charge is 0.388 e. The van der Waals surface area contributed by atoms with E-state index < -0.39 is 6.10 Å². The van der Waals surface area contributed by atoms with Crippen molar-refractivity contribution in [3.05, 3.63) is 90.0 Å². The van der Waals surface area contributed by atoms with Gasteiger partial charge in [0.1, 0.15) is 5.82 Å². The predicted octanol–water partition coefficient (Wildman–Crippen LogP) is 4.16. The van der Waals surface area contributed by atoms with Gasteiger partial charge in [0.05, 0.1) is 6.10 Å². The van der Waals surface area contributed by atoms with Crippen LogP contribution in [0, 0.1) is 5.82 Å². The van der Waals surface area contributed by atoms with Gasteiger partial charge in [-0.1, -0.05) is 42.5 Å². The number of nitrogens with zero attached hydrogens (tertiary/aromatic N) is 1. The van der Waals surface area contributed by atoms with E-state index >= 15 is 0 Å². The summed E-state index contributed by atoms with van der Waals surface area (Å²) in [5.74, 6) is -0.236. The fourth-order valence-electron chi connectivity index (χ4n) is 2.39. The van der Waals surface area contributed by atoms with Crippen LogP contribution < -0.4 is 0 Å². The molecule has 0 saturated carbocycles. The van der Waals surface area contributed by atoms with Gasteiger partial charge in [0, 0.05) is 18.8 Å². The van der Waals surface area contributed by atoms with E-state index in [-0.39, 0.29) is 5.82 Å². The molecule has 1 unspecified atom stereocenters. The molecule has 0 aliphatic rings. The molecular formula is C19H16FNO. The molecule has 2 aromatic carbocycles. The Kier molecular flexibility index (Phi) is 4.26. The number of aromatic nitrogens is 1. The molecule has 110 valence electrons. The van der Waals surface area contributed by atoms with Crippen LogP contribution in [-0.4, -0.2) is 10.1 Å². The molecule has 0 spiro atoms. The maximum atomic E-state index is 12.9. The highest BCUT2D eigenvalue weighted by Gasteiger charge is 2.08. The Morgan fingerprint density at radius 3 is 2.14 bits per heavy atom. The number of hydrogen-bond acceptors (Lipinski definition) is 2. The maximum absolute atomic E-state index is 12.9. The van der Waals surface area contributed by atoms with Crippen LogP contribution in [-0.2, 0) is 6.42 Å². The Balaban J connectivity index is 1.73. The molecule has 2 nitrogen and oxygen atoms in total. The van der Waals surface area contributed by atoms with Gasteiger partial charge in [-0.25, -0.2) is 4.39 Å². The monoisotopic (exact) mass is 293 g/mol. The van der Waals surface area contributed by atoms with Crippen molar-refractivity contribution in [1.82, 2.24) is 4.98 Å². The molecule has 0 amide bonds. The minimum Gasteiger partial charge on any atom is -0.388 e. The van der Waals surface area contributed by atoms with E-state index in [4.69, 9.17) is 0 Å². The van der Waals surface area contributed by atoms with E-state index in [2.05, 4.69) is 4.98 Å². The van der Waals surface area contributed by atoms with Crippen molar-refractivity contribution in [3.63, 3.8) is 0 Å². The fraction of sp³-hybridized carbons (Fsp3) is 0.105. The number of hydrogen-bond donors (Lipinski definition) is 1. The first-order valence-electron chi connectivity index (χ1n) is 7.15. The van der Waals surface area contributed by atoms with Crippen LogP contribution in [0.4, 0.5) is 4.39 Å². The molecule has 0 saturated heterocycles. The number of pyridine rings is 1. The van der Waals surface area contributed by atoms with Crippen LogP contribution in [0.25, 0.3) is 11.1 Å². The fourth-order valence-corrected chi connectivity index (χ4v) is 2.39. The first-order valence-corrected chi connectivity index (χ1v) is 7.15. The summed E-state index contributed by atoms with van der Waals surface area (Å²) in [5, 5.41) is 10.2. The molecule has 22 heavy (non-hydrogen) atoms. The van der Waals surface area contributed by atoms with Gasteiger partial charge in [-0.05, 0) is 40.5 Å². The summed E-state index contributed by atoms with van der Waals surface area (Å²) in [6, 6.07) is 18.0. The van der Waals surface area contributed by atoms with Crippen molar-refractivity contribution < 1.29 is 9.50 Å². The average molecular weight is 293 g/mol. The van der Waals surface area contributed by atoms with Crippen LogP contribution in [0.1, 0.15) is 17.2 Å². The standard InChI is InChI=1S/C19H16FNO/c20-18-9-7-16(8-10-18)15-5-3-14(4-6-15)12-19(22)17-2-1-11-21-13-17/h1-11,13,19,22H,12H2. The number of aliphatic hydroxyl groups excluding tert-OH is 1. The zero-order valence-electron chi connectivity index (χ0n) is 12.0. The Morgan fingerprint density at radius 1 is 0.909 bits per heavy atom. The first kappa shape index (κ1) is 14.4. The second kappa shape index (κ2) is 6.50. The average Bonchev–Trinajstić information content (AvgIpc) is 2.57. The van der Waals surface area contributed by atoms with Crippen molar-refractivity contribution in [2.24, 2.45) is 0 Å². The van der Waals surface area contributed by atoms with Crippen LogP contribution in [0.5, 0.6) is 0 Å². The normalized spacial score (nSPS) is 12.1. The molecule has 0 aliphatic carbocycles. The zero-order valence-corrected chi connectivity index (χ0v) is 12.0. The summed E-state index contributed by atoms with van der Waals surface area (Å²) in [7, 11) is 0. The Labute approximate surface area is 128 Å². The Morgan fingerprint density at radius 2 is 1.55 bits per heavy atom. The number of rotatable bonds is 4. The maximum Gasteiger partial charge on any atom is 0.123 e. The molecule has 3 aromatic rings. The zero-order chi connectivity index (χ0) is 15.4. The van der Waals surface area contributed by atoms with Crippen molar-refractivity contribution in [1.29, 1.82) is 0 Å². The van der Waals surface area contributed by atoms with Crippen LogP contribution in [0.3, 0.4) is 0 Å².